The normalized spacial score (nSPS) is 19.1. The molecule has 2 aliphatic heterocycles. The number of carbonyl (C=O) groups is 4. The zero-order chi connectivity index (χ0) is 23.8. The van der Waals surface area contributed by atoms with Crippen molar-refractivity contribution in [2.45, 2.75) is 12.5 Å². The fourth-order valence-electron chi connectivity index (χ4n) is 3.90. The van der Waals surface area contributed by atoms with Gasteiger partial charge in [-0.3, -0.25) is 0 Å². The smallest absolute Gasteiger partial charge is 0.355 e. The van der Waals surface area contributed by atoms with Gasteiger partial charge in [-0.2, -0.15) is 0 Å². The summed E-state index contributed by atoms with van der Waals surface area (Å²) in [5.41, 5.74) is -1.59. The Morgan fingerprint density at radius 3 is 1.97 bits per heavy atom. The lowest BCUT2D eigenvalue weighted by atomic mass is 9.76. The second-order valence-corrected chi connectivity index (χ2v) is 7.88. The van der Waals surface area contributed by atoms with E-state index in [-0.39, 0.29) is 11.3 Å². The largest absolute Gasteiger partial charge is 0.466 e. The third kappa shape index (κ3) is 3.40. The monoisotopic (exact) mass is 505 g/mol. The number of hydrogen-bond acceptors (Lipinski definition) is 9. The van der Waals surface area contributed by atoms with Crippen molar-refractivity contribution in [1.82, 2.24) is 0 Å². The number of fused-ring (bicyclic) bond motifs is 3. The third-order valence-electron chi connectivity index (χ3n) is 5.30. The molecule has 0 radical (unpaired) electrons. The van der Waals surface area contributed by atoms with Crippen LogP contribution in [-0.2, 0) is 38.1 Å². The zero-order valence-electron chi connectivity index (χ0n) is 18.0. The van der Waals surface area contributed by atoms with Gasteiger partial charge in [0.25, 0.3) is 0 Å². The summed E-state index contributed by atoms with van der Waals surface area (Å²) >= 11 is 3.41. The average molecular weight is 506 g/mol. The third-order valence-corrected chi connectivity index (χ3v) is 5.79. The van der Waals surface area contributed by atoms with E-state index in [0.717, 1.165) is 32.9 Å². The molecule has 32 heavy (non-hydrogen) atoms. The van der Waals surface area contributed by atoms with Crippen LogP contribution in [0.5, 0.6) is 0 Å². The second kappa shape index (κ2) is 8.62. The summed E-state index contributed by atoms with van der Waals surface area (Å²) < 4.78 is 20.4. The highest BCUT2D eigenvalue weighted by molar-refractivity contribution is 9.10. The van der Waals surface area contributed by atoms with Crippen LogP contribution >= 0.6 is 15.9 Å². The van der Waals surface area contributed by atoms with Gasteiger partial charge in [0.05, 0.1) is 45.1 Å². The number of anilines is 1. The predicted octanol–water partition coefficient (Wildman–Crippen LogP) is 2.30. The first-order valence-electron chi connectivity index (χ1n) is 9.27. The van der Waals surface area contributed by atoms with Gasteiger partial charge in [0.15, 0.2) is 0 Å². The van der Waals surface area contributed by atoms with E-state index in [1.165, 1.54) is 4.90 Å². The van der Waals surface area contributed by atoms with Gasteiger partial charge in [-0.15, -0.1) is 0 Å². The Morgan fingerprint density at radius 2 is 1.41 bits per heavy atom. The van der Waals surface area contributed by atoms with Crippen molar-refractivity contribution >= 4 is 51.6 Å². The molecule has 10 heteroatoms. The molecule has 3 rings (SSSR count). The van der Waals surface area contributed by atoms with Gasteiger partial charge in [-0.25, -0.2) is 19.2 Å². The van der Waals surface area contributed by atoms with Gasteiger partial charge < -0.3 is 23.8 Å². The number of esters is 4. The Labute approximate surface area is 192 Å². The predicted molar refractivity (Wildman–Crippen MR) is 116 cm³/mol. The lowest BCUT2D eigenvalue weighted by molar-refractivity contribution is -0.142. The maximum Gasteiger partial charge on any atom is 0.355 e. The average Bonchev–Trinajstić information content (AvgIpc) is 2.80. The molecule has 1 aromatic carbocycles. The molecule has 0 unspecified atom stereocenters. The highest BCUT2D eigenvalue weighted by atomic mass is 79.9. The Balaban J connectivity index is 2.57. The van der Waals surface area contributed by atoms with Crippen molar-refractivity contribution in [3.63, 3.8) is 0 Å². The highest BCUT2D eigenvalue weighted by Gasteiger charge is 2.53. The molecule has 1 aromatic rings. The maximum atomic E-state index is 13.0. The molecule has 0 saturated heterocycles. The topological polar surface area (TPSA) is 108 Å². The van der Waals surface area contributed by atoms with Crippen molar-refractivity contribution in [1.29, 1.82) is 0 Å². The first-order valence-corrected chi connectivity index (χ1v) is 10.1. The van der Waals surface area contributed by atoms with E-state index in [1.54, 1.807) is 37.3 Å². The van der Waals surface area contributed by atoms with E-state index in [0.29, 0.717) is 11.3 Å². The molecular formula is C22H20BrNO8. The van der Waals surface area contributed by atoms with Crippen molar-refractivity contribution in [3.05, 3.63) is 56.7 Å². The van der Waals surface area contributed by atoms with E-state index in [2.05, 4.69) is 15.9 Å². The molecule has 168 valence electrons. The molecular weight excluding hydrogens is 486 g/mol. The van der Waals surface area contributed by atoms with E-state index in [9.17, 15) is 19.2 Å². The number of nitrogens with zero attached hydrogens (tertiary/aromatic N) is 1. The summed E-state index contributed by atoms with van der Waals surface area (Å²) in [6.45, 7) is 1.61. The molecule has 0 aliphatic carbocycles. The quantitative estimate of drug-likeness (QED) is 0.449. The summed E-state index contributed by atoms with van der Waals surface area (Å²) in [6, 6.07) is 5.25. The van der Waals surface area contributed by atoms with Gasteiger partial charge in [0.2, 0.25) is 0 Å². The van der Waals surface area contributed by atoms with Crippen LogP contribution in [0.2, 0.25) is 0 Å². The van der Waals surface area contributed by atoms with Crippen LogP contribution in [0.15, 0.2) is 51.2 Å². The van der Waals surface area contributed by atoms with Crippen LogP contribution < -0.4 is 4.90 Å². The second-order valence-electron chi connectivity index (χ2n) is 6.96. The van der Waals surface area contributed by atoms with Gasteiger partial charge in [0.1, 0.15) is 11.3 Å². The van der Waals surface area contributed by atoms with Crippen molar-refractivity contribution in [2.75, 3.05) is 33.3 Å². The number of hydrogen-bond donors (Lipinski definition) is 0. The molecule has 0 spiro atoms. The number of ether oxygens (including phenoxy) is 4. The molecule has 0 saturated carbocycles. The number of methoxy groups -OCH3 is 4. The molecule has 1 atom stereocenters. The maximum absolute atomic E-state index is 13.0. The lowest BCUT2D eigenvalue weighted by Gasteiger charge is -2.48. The molecule has 0 bridgehead atoms. The summed E-state index contributed by atoms with van der Waals surface area (Å²) in [4.78, 5) is 53.2. The van der Waals surface area contributed by atoms with Gasteiger partial charge in [-0.05, 0) is 30.7 Å². The minimum absolute atomic E-state index is 0.190. The Morgan fingerprint density at radius 1 is 0.844 bits per heavy atom. The van der Waals surface area contributed by atoms with Crippen LogP contribution in [0.3, 0.4) is 0 Å². The molecule has 2 aliphatic rings. The van der Waals surface area contributed by atoms with Crippen molar-refractivity contribution in [3.8, 4) is 0 Å². The van der Waals surface area contributed by atoms with E-state index < -0.39 is 40.6 Å². The number of halogens is 1. The number of benzene rings is 1. The fraction of sp³-hybridized carbons (Fsp3) is 0.273. The van der Waals surface area contributed by atoms with Crippen LogP contribution in [-0.4, -0.2) is 57.9 Å². The molecule has 2 heterocycles. The first-order chi connectivity index (χ1) is 15.2. The Kier molecular flexibility index (Phi) is 6.27. The van der Waals surface area contributed by atoms with Crippen LogP contribution in [0, 0.1) is 0 Å². The van der Waals surface area contributed by atoms with Gasteiger partial charge in [0, 0.05) is 10.2 Å². The minimum Gasteiger partial charge on any atom is -0.466 e. The van der Waals surface area contributed by atoms with E-state index in [1.807, 2.05) is 0 Å². The highest BCUT2D eigenvalue weighted by Crippen LogP contribution is 2.48. The van der Waals surface area contributed by atoms with Gasteiger partial charge in [-0.1, -0.05) is 28.1 Å². The van der Waals surface area contributed by atoms with Crippen LogP contribution in [0.25, 0.3) is 6.08 Å². The molecule has 0 fully saturated rings. The standard InChI is InChI=1S/C22H20BrNO8/c1-22-9-8-11-10-12(23)6-7-13(11)24(22)17(21(28)32-5)15(19(26)30-3)14(18(25)29-2)16(22)20(27)31-4/h6-10H,1-5H3/t22-/m0/s1. The SMILES string of the molecule is COC(=O)C1=C(C(=O)OC)N2c3ccc(Br)cc3C=C[C@@]2(C)C(C(=O)OC)=C1C(=O)OC. The number of carbonyl (C=O) groups excluding carboxylic acids is 4. The fourth-order valence-corrected chi connectivity index (χ4v) is 4.28. The van der Waals surface area contributed by atoms with Crippen LogP contribution in [0.4, 0.5) is 5.69 Å². The van der Waals surface area contributed by atoms with E-state index in [4.69, 9.17) is 18.9 Å². The van der Waals surface area contributed by atoms with E-state index >= 15 is 0 Å². The Bertz CT molecular complexity index is 1130. The molecule has 0 N–H and O–H groups in total. The van der Waals surface area contributed by atoms with Crippen molar-refractivity contribution in [2.24, 2.45) is 0 Å². The summed E-state index contributed by atoms with van der Waals surface area (Å²) in [5, 5.41) is 0. The molecule has 9 nitrogen and oxygen atoms in total. The summed E-state index contributed by atoms with van der Waals surface area (Å²) in [5.74, 6) is -3.83. The summed E-state index contributed by atoms with van der Waals surface area (Å²) in [7, 11) is 4.47. The van der Waals surface area contributed by atoms with Crippen LogP contribution in [0.1, 0.15) is 12.5 Å². The molecule has 0 aromatic heterocycles. The van der Waals surface area contributed by atoms with Gasteiger partial charge >= 0.3 is 23.9 Å². The Hall–Kier alpha value is -3.40. The zero-order valence-corrected chi connectivity index (χ0v) is 19.6. The number of rotatable bonds is 4. The lowest BCUT2D eigenvalue weighted by Crippen LogP contribution is -2.55. The molecule has 0 amide bonds. The van der Waals surface area contributed by atoms with Crippen molar-refractivity contribution < 1.29 is 38.1 Å². The minimum atomic E-state index is -1.40. The summed E-state index contributed by atoms with van der Waals surface area (Å²) in [6.07, 6.45) is 3.38. The first kappa shape index (κ1) is 23.3.